The molecule has 0 aliphatic carbocycles. The summed E-state index contributed by atoms with van der Waals surface area (Å²) in [5.74, 6) is -2.05. The molecule has 0 N–H and O–H groups in total. The van der Waals surface area contributed by atoms with E-state index < -0.39 is 17.6 Å². The van der Waals surface area contributed by atoms with Crippen LogP contribution in [-0.2, 0) is 14.9 Å². The molecule has 0 heterocycles. The number of halogens is 3. The smallest absolute Gasteiger partial charge is 0.302 e. The maximum absolute atomic E-state index is 13.3. The van der Waals surface area contributed by atoms with Crippen LogP contribution in [0.4, 0.5) is 8.78 Å². The largest absolute Gasteiger partial charge is 0.490 e. The lowest BCUT2D eigenvalue weighted by Gasteiger charge is -2.11. The number of hydrogen-bond acceptors (Lipinski definition) is 3. The molecule has 1 aromatic rings. The van der Waals surface area contributed by atoms with Gasteiger partial charge in [-0.3, -0.25) is 4.79 Å². The van der Waals surface area contributed by atoms with Crippen molar-refractivity contribution < 1.29 is 23.0 Å². The molecule has 0 saturated carbocycles. The van der Waals surface area contributed by atoms with Gasteiger partial charge in [-0.1, -0.05) is 15.9 Å². The number of carbonyl (C=O) groups is 1. The Kier molecular flexibility index (Phi) is 5.34. The van der Waals surface area contributed by atoms with Gasteiger partial charge in [0, 0.05) is 17.8 Å². The standard InChI is InChI=1S/C11H11BrF2O3/c1-7(15)16-4-5-17-10-3-2-9(13)11(14)8(10)6-12/h2-3H,4-6H2,1H3. The quantitative estimate of drug-likeness (QED) is 0.477. The highest BCUT2D eigenvalue weighted by molar-refractivity contribution is 9.08. The molecule has 0 radical (unpaired) electrons. The summed E-state index contributed by atoms with van der Waals surface area (Å²) < 4.78 is 36.1. The van der Waals surface area contributed by atoms with E-state index in [1.165, 1.54) is 13.0 Å². The molecular weight excluding hydrogens is 298 g/mol. The van der Waals surface area contributed by atoms with Gasteiger partial charge in [0.05, 0.1) is 0 Å². The highest BCUT2D eigenvalue weighted by Crippen LogP contribution is 2.25. The third-order valence-corrected chi connectivity index (χ3v) is 2.49. The summed E-state index contributed by atoms with van der Waals surface area (Å²) in [6, 6.07) is 2.32. The van der Waals surface area contributed by atoms with Gasteiger partial charge in [-0.15, -0.1) is 0 Å². The Bertz CT molecular complexity index is 410. The Balaban J connectivity index is 2.65. The molecule has 0 aliphatic rings. The van der Waals surface area contributed by atoms with E-state index in [1.807, 2.05) is 0 Å². The molecule has 0 aromatic heterocycles. The Morgan fingerprint density at radius 1 is 1.35 bits per heavy atom. The SMILES string of the molecule is CC(=O)OCCOc1ccc(F)c(F)c1CBr. The van der Waals surface area contributed by atoms with Gasteiger partial charge < -0.3 is 9.47 Å². The minimum atomic E-state index is -0.938. The molecule has 1 aromatic carbocycles. The van der Waals surface area contributed by atoms with E-state index in [-0.39, 0.29) is 29.9 Å². The molecule has 0 unspecified atom stereocenters. The average Bonchev–Trinajstić information content (AvgIpc) is 2.29. The van der Waals surface area contributed by atoms with E-state index in [4.69, 9.17) is 4.74 Å². The molecule has 0 fully saturated rings. The molecule has 3 nitrogen and oxygen atoms in total. The average molecular weight is 309 g/mol. The molecule has 0 atom stereocenters. The second kappa shape index (κ2) is 6.54. The normalized spacial score (nSPS) is 10.1. The predicted octanol–water partition coefficient (Wildman–Crippen LogP) is 2.80. The molecule has 0 amide bonds. The molecule has 0 aliphatic heterocycles. The van der Waals surface area contributed by atoms with Crippen LogP contribution >= 0.6 is 15.9 Å². The first kappa shape index (κ1) is 13.9. The van der Waals surface area contributed by atoms with Crippen LogP contribution in [0, 0.1) is 11.6 Å². The van der Waals surface area contributed by atoms with Crippen molar-refractivity contribution in [1.29, 1.82) is 0 Å². The van der Waals surface area contributed by atoms with Crippen LogP contribution in [0.15, 0.2) is 12.1 Å². The Labute approximate surface area is 106 Å². The first-order chi connectivity index (χ1) is 8.06. The number of alkyl halides is 1. The molecule has 94 valence electrons. The number of carbonyl (C=O) groups excluding carboxylic acids is 1. The van der Waals surface area contributed by atoms with Crippen LogP contribution in [0.25, 0.3) is 0 Å². The van der Waals surface area contributed by atoms with Crippen molar-refractivity contribution in [2.24, 2.45) is 0 Å². The minimum absolute atomic E-state index is 0.0655. The zero-order valence-corrected chi connectivity index (χ0v) is 10.7. The first-order valence-corrected chi connectivity index (χ1v) is 5.97. The summed E-state index contributed by atoms with van der Waals surface area (Å²) in [7, 11) is 0. The van der Waals surface area contributed by atoms with Gasteiger partial charge in [0.2, 0.25) is 0 Å². The molecule has 0 bridgehead atoms. The number of rotatable bonds is 5. The van der Waals surface area contributed by atoms with Crippen LogP contribution in [0.5, 0.6) is 5.75 Å². The van der Waals surface area contributed by atoms with Crippen molar-refractivity contribution in [3.05, 3.63) is 29.3 Å². The predicted molar refractivity (Wildman–Crippen MR) is 61.1 cm³/mol. The monoisotopic (exact) mass is 308 g/mol. The van der Waals surface area contributed by atoms with E-state index >= 15 is 0 Å². The summed E-state index contributed by atoms with van der Waals surface area (Å²) in [6.07, 6.45) is 0. The van der Waals surface area contributed by atoms with Gasteiger partial charge in [-0.05, 0) is 12.1 Å². The molecule has 6 heteroatoms. The maximum atomic E-state index is 13.3. The second-order valence-corrected chi connectivity index (χ2v) is 3.72. The molecule has 0 saturated heterocycles. The number of hydrogen-bond donors (Lipinski definition) is 0. The highest BCUT2D eigenvalue weighted by atomic mass is 79.9. The second-order valence-electron chi connectivity index (χ2n) is 3.16. The summed E-state index contributed by atoms with van der Waals surface area (Å²) >= 11 is 3.05. The van der Waals surface area contributed by atoms with Gasteiger partial charge in [0.15, 0.2) is 11.6 Å². The number of ether oxygens (including phenoxy) is 2. The lowest BCUT2D eigenvalue weighted by Crippen LogP contribution is -2.10. The number of esters is 1. The van der Waals surface area contributed by atoms with E-state index in [0.29, 0.717) is 0 Å². The number of benzene rings is 1. The Hall–Kier alpha value is -1.17. The fourth-order valence-electron chi connectivity index (χ4n) is 1.17. The van der Waals surface area contributed by atoms with E-state index in [0.717, 1.165) is 6.07 Å². The lowest BCUT2D eigenvalue weighted by molar-refractivity contribution is -0.141. The van der Waals surface area contributed by atoms with Crippen LogP contribution < -0.4 is 4.74 Å². The van der Waals surface area contributed by atoms with Crippen LogP contribution in [0.1, 0.15) is 12.5 Å². The van der Waals surface area contributed by atoms with Crippen LogP contribution in [-0.4, -0.2) is 19.2 Å². The third-order valence-electron chi connectivity index (χ3n) is 1.93. The van der Waals surface area contributed by atoms with Gasteiger partial charge in [-0.25, -0.2) is 8.78 Å². The lowest BCUT2D eigenvalue weighted by atomic mass is 10.2. The van der Waals surface area contributed by atoms with Crippen LogP contribution in [0.2, 0.25) is 0 Å². The molecule has 17 heavy (non-hydrogen) atoms. The van der Waals surface area contributed by atoms with Crippen molar-refractivity contribution in [3.63, 3.8) is 0 Å². The summed E-state index contributed by atoms with van der Waals surface area (Å²) in [5.41, 5.74) is 0.104. The summed E-state index contributed by atoms with van der Waals surface area (Å²) in [5, 5.41) is 0.138. The van der Waals surface area contributed by atoms with Crippen LogP contribution in [0.3, 0.4) is 0 Å². The van der Waals surface area contributed by atoms with Gasteiger partial charge in [0.25, 0.3) is 0 Å². The van der Waals surface area contributed by atoms with Crippen molar-refractivity contribution in [2.45, 2.75) is 12.3 Å². The fraction of sp³-hybridized carbons (Fsp3) is 0.364. The third kappa shape index (κ3) is 3.96. The Morgan fingerprint density at radius 3 is 2.65 bits per heavy atom. The topological polar surface area (TPSA) is 35.5 Å². The summed E-state index contributed by atoms with van der Waals surface area (Å²) in [6.45, 7) is 1.43. The summed E-state index contributed by atoms with van der Waals surface area (Å²) in [4.78, 5) is 10.5. The van der Waals surface area contributed by atoms with E-state index in [9.17, 15) is 13.6 Å². The van der Waals surface area contributed by atoms with Gasteiger partial charge in [-0.2, -0.15) is 0 Å². The van der Waals surface area contributed by atoms with Crippen molar-refractivity contribution in [1.82, 2.24) is 0 Å². The molecule has 1 rings (SSSR count). The van der Waals surface area contributed by atoms with Crippen molar-refractivity contribution in [3.8, 4) is 5.75 Å². The van der Waals surface area contributed by atoms with Gasteiger partial charge in [0.1, 0.15) is 19.0 Å². The zero-order valence-electron chi connectivity index (χ0n) is 9.13. The highest BCUT2D eigenvalue weighted by Gasteiger charge is 2.13. The first-order valence-electron chi connectivity index (χ1n) is 4.85. The molecule has 0 spiro atoms. The van der Waals surface area contributed by atoms with Crippen molar-refractivity contribution >= 4 is 21.9 Å². The van der Waals surface area contributed by atoms with E-state index in [2.05, 4.69) is 20.7 Å². The molecular formula is C11H11BrF2O3. The van der Waals surface area contributed by atoms with Gasteiger partial charge >= 0.3 is 5.97 Å². The minimum Gasteiger partial charge on any atom is -0.490 e. The zero-order chi connectivity index (χ0) is 12.8. The Morgan fingerprint density at radius 2 is 2.06 bits per heavy atom. The maximum Gasteiger partial charge on any atom is 0.302 e. The fourth-order valence-corrected chi connectivity index (χ4v) is 1.69. The van der Waals surface area contributed by atoms with Crippen molar-refractivity contribution in [2.75, 3.05) is 13.2 Å². The van der Waals surface area contributed by atoms with E-state index in [1.54, 1.807) is 0 Å².